The molecule has 4 nitrogen and oxygen atoms in total. The number of nitrogens with two attached hydrogens (primary N) is 1. The van der Waals surface area contributed by atoms with Crippen LogP contribution in [0, 0.1) is 12.7 Å². The lowest BCUT2D eigenvalue weighted by Gasteiger charge is -2.07. The summed E-state index contributed by atoms with van der Waals surface area (Å²) in [5.74, 6) is 0.654. The van der Waals surface area contributed by atoms with E-state index in [1.165, 1.54) is 24.5 Å². The first-order chi connectivity index (χ1) is 7.65. The summed E-state index contributed by atoms with van der Waals surface area (Å²) in [4.78, 5) is 7.60. The maximum absolute atomic E-state index is 13.0. The fourth-order valence-electron chi connectivity index (χ4n) is 1.21. The van der Waals surface area contributed by atoms with Crippen LogP contribution in [0.25, 0.3) is 0 Å². The molecular formula is C11H10FN3O. The van der Waals surface area contributed by atoms with Gasteiger partial charge < -0.3 is 10.5 Å². The zero-order valence-corrected chi connectivity index (χ0v) is 8.64. The highest BCUT2D eigenvalue weighted by molar-refractivity contribution is 5.38. The molecule has 82 valence electrons. The van der Waals surface area contributed by atoms with Crippen LogP contribution in [0.15, 0.2) is 30.6 Å². The van der Waals surface area contributed by atoms with E-state index in [1.807, 2.05) is 6.92 Å². The number of aryl methyl sites for hydroxylation is 1. The first kappa shape index (κ1) is 10.4. The summed E-state index contributed by atoms with van der Waals surface area (Å²) in [6.07, 6.45) is 1.29. The zero-order valence-electron chi connectivity index (χ0n) is 8.64. The number of nitrogens with zero attached hydrogens (tertiary/aromatic N) is 2. The highest BCUT2D eigenvalue weighted by atomic mass is 19.1. The Balaban J connectivity index is 2.30. The van der Waals surface area contributed by atoms with Gasteiger partial charge in [-0.3, -0.25) is 0 Å². The summed E-state index contributed by atoms with van der Waals surface area (Å²) in [5, 5.41) is 0. The van der Waals surface area contributed by atoms with Crippen molar-refractivity contribution in [2.24, 2.45) is 0 Å². The van der Waals surface area contributed by atoms with Crippen molar-refractivity contribution < 1.29 is 9.13 Å². The van der Waals surface area contributed by atoms with Crippen molar-refractivity contribution in [3.05, 3.63) is 42.0 Å². The summed E-state index contributed by atoms with van der Waals surface area (Å²) in [5.41, 5.74) is 6.29. The number of hydrogen-bond acceptors (Lipinski definition) is 4. The SMILES string of the molecule is Cc1ccc(F)cc1Oc1cc(N)ncn1. The van der Waals surface area contributed by atoms with Crippen LogP contribution >= 0.6 is 0 Å². The van der Waals surface area contributed by atoms with Gasteiger partial charge in [0.05, 0.1) is 0 Å². The molecule has 1 aromatic heterocycles. The van der Waals surface area contributed by atoms with Crippen molar-refractivity contribution >= 4 is 5.82 Å². The molecule has 0 amide bonds. The lowest BCUT2D eigenvalue weighted by Crippen LogP contribution is -1.95. The standard InChI is InChI=1S/C11H10FN3O/c1-7-2-3-8(12)4-9(7)16-11-5-10(13)14-6-15-11/h2-6H,1H3,(H2,13,14,15). The fraction of sp³-hybridized carbons (Fsp3) is 0.0909. The third kappa shape index (κ3) is 2.25. The number of nitrogen functional groups attached to an aromatic ring is 1. The Morgan fingerprint density at radius 3 is 2.81 bits per heavy atom. The monoisotopic (exact) mass is 219 g/mol. The second-order valence-electron chi connectivity index (χ2n) is 3.29. The number of ether oxygens (including phenoxy) is 1. The summed E-state index contributed by atoms with van der Waals surface area (Å²) >= 11 is 0. The van der Waals surface area contributed by atoms with Gasteiger partial charge in [-0.15, -0.1) is 0 Å². The van der Waals surface area contributed by atoms with E-state index < -0.39 is 0 Å². The number of rotatable bonds is 2. The van der Waals surface area contributed by atoms with Gasteiger partial charge in [0, 0.05) is 12.1 Å². The molecule has 16 heavy (non-hydrogen) atoms. The Bertz CT molecular complexity index is 516. The minimum Gasteiger partial charge on any atom is -0.438 e. The quantitative estimate of drug-likeness (QED) is 0.841. The lowest BCUT2D eigenvalue weighted by atomic mass is 10.2. The smallest absolute Gasteiger partial charge is 0.224 e. The molecule has 2 aromatic rings. The predicted molar refractivity (Wildman–Crippen MR) is 57.7 cm³/mol. The average molecular weight is 219 g/mol. The van der Waals surface area contributed by atoms with E-state index >= 15 is 0 Å². The average Bonchev–Trinajstić information content (AvgIpc) is 2.24. The molecule has 0 unspecified atom stereocenters. The Kier molecular flexibility index (Phi) is 2.68. The van der Waals surface area contributed by atoms with Crippen molar-refractivity contribution in [3.63, 3.8) is 0 Å². The van der Waals surface area contributed by atoms with Crippen LogP contribution < -0.4 is 10.5 Å². The first-order valence-electron chi connectivity index (χ1n) is 4.66. The molecule has 5 heteroatoms. The highest BCUT2D eigenvalue weighted by Crippen LogP contribution is 2.24. The maximum Gasteiger partial charge on any atom is 0.224 e. The van der Waals surface area contributed by atoms with Gasteiger partial charge in [0.15, 0.2) is 0 Å². The largest absolute Gasteiger partial charge is 0.438 e. The van der Waals surface area contributed by atoms with E-state index in [9.17, 15) is 4.39 Å². The molecule has 2 rings (SSSR count). The van der Waals surface area contributed by atoms with Crippen molar-refractivity contribution in [2.75, 3.05) is 5.73 Å². The molecule has 2 N–H and O–H groups in total. The van der Waals surface area contributed by atoms with Crippen molar-refractivity contribution in [1.29, 1.82) is 0 Å². The molecule has 0 aliphatic rings. The van der Waals surface area contributed by atoms with Crippen molar-refractivity contribution in [3.8, 4) is 11.6 Å². The number of benzene rings is 1. The van der Waals surface area contributed by atoms with Crippen LogP contribution in [-0.2, 0) is 0 Å². The van der Waals surface area contributed by atoms with Gasteiger partial charge in [0.25, 0.3) is 0 Å². The van der Waals surface area contributed by atoms with Crippen LogP contribution in [0.4, 0.5) is 10.2 Å². The molecule has 0 fully saturated rings. The second-order valence-corrected chi connectivity index (χ2v) is 3.29. The van der Waals surface area contributed by atoms with Gasteiger partial charge in [-0.2, -0.15) is 0 Å². The van der Waals surface area contributed by atoms with Crippen LogP contribution in [0.3, 0.4) is 0 Å². The van der Waals surface area contributed by atoms with Crippen LogP contribution in [0.1, 0.15) is 5.56 Å². The van der Waals surface area contributed by atoms with Crippen molar-refractivity contribution in [1.82, 2.24) is 9.97 Å². The molecule has 0 saturated carbocycles. The number of anilines is 1. The van der Waals surface area contributed by atoms with Crippen LogP contribution in [0.2, 0.25) is 0 Å². The minimum atomic E-state index is -0.359. The molecule has 0 spiro atoms. The number of hydrogen-bond donors (Lipinski definition) is 1. The lowest BCUT2D eigenvalue weighted by molar-refractivity contribution is 0.453. The predicted octanol–water partition coefficient (Wildman–Crippen LogP) is 2.30. The summed E-state index contributed by atoms with van der Waals surface area (Å²) in [7, 11) is 0. The van der Waals surface area contributed by atoms with Crippen LogP contribution in [0.5, 0.6) is 11.6 Å². The van der Waals surface area contributed by atoms with E-state index in [0.29, 0.717) is 17.4 Å². The first-order valence-corrected chi connectivity index (χ1v) is 4.66. The summed E-state index contributed by atoms with van der Waals surface area (Å²) in [6, 6.07) is 5.78. The minimum absolute atomic E-state index is 0.293. The Morgan fingerprint density at radius 1 is 1.25 bits per heavy atom. The van der Waals surface area contributed by atoms with E-state index in [2.05, 4.69) is 9.97 Å². The molecule has 1 aromatic carbocycles. The molecule has 0 saturated heterocycles. The Hall–Kier alpha value is -2.17. The highest BCUT2D eigenvalue weighted by Gasteiger charge is 2.04. The topological polar surface area (TPSA) is 61.0 Å². The van der Waals surface area contributed by atoms with Gasteiger partial charge in [-0.05, 0) is 18.6 Å². The fourth-order valence-corrected chi connectivity index (χ4v) is 1.21. The normalized spacial score (nSPS) is 10.1. The summed E-state index contributed by atoms with van der Waals surface area (Å²) < 4.78 is 18.4. The van der Waals surface area contributed by atoms with E-state index in [4.69, 9.17) is 10.5 Å². The maximum atomic E-state index is 13.0. The number of halogens is 1. The molecule has 0 aliphatic carbocycles. The second kappa shape index (κ2) is 4.14. The molecule has 0 aliphatic heterocycles. The molecule has 0 bridgehead atoms. The van der Waals surface area contributed by atoms with E-state index in [-0.39, 0.29) is 5.82 Å². The molecule has 0 radical (unpaired) electrons. The third-order valence-corrected chi connectivity index (χ3v) is 2.03. The van der Waals surface area contributed by atoms with Crippen molar-refractivity contribution in [2.45, 2.75) is 6.92 Å². The van der Waals surface area contributed by atoms with Gasteiger partial charge in [0.1, 0.15) is 23.7 Å². The summed E-state index contributed by atoms with van der Waals surface area (Å²) in [6.45, 7) is 1.82. The number of aromatic nitrogens is 2. The molecular weight excluding hydrogens is 209 g/mol. The Labute approximate surface area is 91.9 Å². The van der Waals surface area contributed by atoms with Gasteiger partial charge in [-0.1, -0.05) is 6.07 Å². The van der Waals surface area contributed by atoms with E-state index in [1.54, 1.807) is 6.07 Å². The third-order valence-electron chi connectivity index (χ3n) is 2.03. The molecule has 1 heterocycles. The van der Waals surface area contributed by atoms with Gasteiger partial charge in [0.2, 0.25) is 5.88 Å². The van der Waals surface area contributed by atoms with Gasteiger partial charge >= 0.3 is 0 Å². The van der Waals surface area contributed by atoms with Gasteiger partial charge in [-0.25, -0.2) is 14.4 Å². The van der Waals surface area contributed by atoms with Crippen LogP contribution in [-0.4, -0.2) is 9.97 Å². The van der Waals surface area contributed by atoms with E-state index in [0.717, 1.165) is 5.56 Å². The molecule has 0 atom stereocenters. The zero-order chi connectivity index (χ0) is 11.5. The Morgan fingerprint density at radius 2 is 2.06 bits per heavy atom.